The summed E-state index contributed by atoms with van der Waals surface area (Å²) < 4.78 is 0. The lowest BCUT2D eigenvalue weighted by Crippen LogP contribution is -1.84. The summed E-state index contributed by atoms with van der Waals surface area (Å²) in [7, 11) is 0. The third-order valence-electron chi connectivity index (χ3n) is 2.73. The van der Waals surface area contributed by atoms with Gasteiger partial charge in [-0.3, -0.25) is 0 Å². The number of aliphatic hydroxyl groups is 1. The zero-order valence-corrected chi connectivity index (χ0v) is 10.00. The zero-order valence-electron chi connectivity index (χ0n) is 9.18. The van der Waals surface area contributed by atoms with E-state index in [2.05, 4.69) is 22.1 Å². The number of aromatic amines is 1. The molecule has 0 aliphatic carbocycles. The number of hydrogen-bond acceptors (Lipinski definition) is 3. The summed E-state index contributed by atoms with van der Waals surface area (Å²) in [6, 6.07) is 8.19. The summed E-state index contributed by atoms with van der Waals surface area (Å²) >= 11 is 1.64. The number of nitrogens with one attached hydrogen (secondary N) is 1. The Kier molecular flexibility index (Phi) is 2.66. The molecular formula is C13H12N2OS. The SMILES string of the molecule is OCCc1cnc(-c2c[nH]c3ccccc23)s1. The highest BCUT2D eigenvalue weighted by atomic mass is 32.1. The van der Waals surface area contributed by atoms with Crippen LogP contribution in [0.1, 0.15) is 4.88 Å². The highest BCUT2D eigenvalue weighted by molar-refractivity contribution is 7.15. The number of hydrogen-bond donors (Lipinski definition) is 2. The maximum absolute atomic E-state index is 8.90. The highest BCUT2D eigenvalue weighted by Crippen LogP contribution is 2.31. The van der Waals surface area contributed by atoms with E-state index in [4.69, 9.17) is 5.11 Å². The molecule has 0 spiro atoms. The lowest BCUT2D eigenvalue weighted by Gasteiger charge is -1.93. The normalized spacial score (nSPS) is 11.1. The van der Waals surface area contributed by atoms with Crippen LogP contribution in [-0.4, -0.2) is 21.7 Å². The Morgan fingerprint density at radius 2 is 2.18 bits per heavy atom. The number of thiazole rings is 1. The lowest BCUT2D eigenvalue weighted by molar-refractivity contribution is 0.300. The van der Waals surface area contributed by atoms with E-state index in [1.807, 2.05) is 24.5 Å². The molecule has 17 heavy (non-hydrogen) atoms. The van der Waals surface area contributed by atoms with Crippen molar-refractivity contribution in [1.82, 2.24) is 9.97 Å². The number of nitrogens with zero attached hydrogens (tertiary/aromatic N) is 1. The van der Waals surface area contributed by atoms with Gasteiger partial charge in [0.2, 0.25) is 0 Å². The smallest absolute Gasteiger partial charge is 0.125 e. The van der Waals surface area contributed by atoms with Gasteiger partial charge in [0, 0.05) is 46.8 Å². The van der Waals surface area contributed by atoms with Gasteiger partial charge in [0.25, 0.3) is 0 Å². The number of para-hydroxylation sites is 1. The van der Waals surface area contributed by atoms with Crippen LogP contribution in [0.2, 0.25) is 0 Å². The first-order valence-electron chi connectivity index (χ1n) is 5.50. The summed E-state index contributed by atoms with van der Waals surface area (Å²) in [5.74, 6) is 0. The molecule has 0 atom stereocenters. The summed E-state index contributed by atoms with van der Waals surface area (Å²) in [5.41, 5.74) is 2.26. The van der Waals surface area contributed by atoms with E-state index >= 15 is 0 Å². The van der Waals surface area contributed by atoms with Crippen molar-refractivity contribution in [2.75, 3.05) is 6.61 Å². The second-order valence-electron chi connectivity index (χ2n) is 3.85. The van der Waals surface area contributed by atoms with Crippen LogP contribution >= 0.6 is 11.3 Å². The molecule has 0 aliphatic rings. The first-order chi connectivity index (χ1) is 8.38. The van der Waals surface area contributed by atoms with Crippen LogP contribution in [0.25, 0.3) is 21.5 Å². The minimum Gasteiger partial charge on any atom is -0.396 e. The third-order valence-corrected chi connectivity index (χ3v) is 3.82. The second kappa shape index (κ2) is 4.31. The summed E-state index contributed by atoms with van der Waals surface area (Å²) in [6.07, 6.45) is 4.52. The first kappa shape index (κ1) is 10.5. The van der Waals surface area contributed by atoms with Gasteiger partial charge >= 0.3 is 0 Å². The van der Waals surface area contributed by atoms with Gasteiger partial charge in [-0.1, -0.05) is 18.2 Å². The van der Waals surface area contributed by atoms with Crippen molar-refractivity contribution in [2.24, 2.45) is 0 Å². The molecule has 3 aromatic rings. The average molecular weight is 244 g/mol. The second-order valence-corrected chi connectivity index (χ2v) is 4.97. The van der Waals surface area contributed by atoms with E-state index in [0.29, 0.717) is 6.42 Å². The standard InChI is InChI=1S/C13H12N2OS/c16-6-5-9-7-15-13(17-9)11-8-14-12-4-2-1-3-10(11)12/h1-4,7-8,14,16H,5-6H2. The van der Waals surface area contributed by atoms with Crippen LogP contribution in [0.3, 0.4) is 0 Å². The van der Waals surface area contributed by atoms with E-state index in [1.165, 1.54) is 5.39 Å². The summed E-state index contributed by atoms with van der Waals surface area (Å²) in [5, 5.41) is 11.1. The van der Waals surface area contributed by atoms with E-state index in [0.717, 1.165) is 21.0 Å². The molecule has 0 saturated carbocycles. The minimum atomic E-state index is 0.176. The third kappa shape index (κ3) is 1.85. The fourth-order valence-corrected chi connectivity index (χ4v) is 2.84. The molecule has 86 valence electrons. The fourth-order valence-electron chi connectivity index (χ4n) is 1.91. The van der Waals surface area contributed by atoms with Crippen molar-refractivity contribution in [1.29, 1.82) is 0 Å². The van der Waals surface area contributed by atoms with Crippen molar-refractivity contribution >= 4 is 22.2 Å². The molecule has 0 amide bonds. The molecule has 0 bridgehead atoms. The molecule has 3 rings (SSSR count). The van der Waals surface area contributed by atoms with E-state index < -0.39 is 0 Å². The molecule has 2 aromatic heterocycles. The minimum absolute atomic E-state index is 0.176. The Hall–Kier alpha value is -1.65. The Morgan fingerprint density at radius 3 is 3.06 bits per heavy atom. The largest absolute Gasteiger partial charge is 0.396 e. The van der Waals surface area contributed by atoms with Crippen molar-refractivity contribution in [3.05, 3.63) is 41.5 Å². The Balaban J connectivity index is 2.07. The molecule has 2 heterocycles. The number of aliphatic hydroxyl groups excluding tert-OH is 1. The lowest BCUT2D eigenvalue weighted by atomic mass is 10.2. The van der Waals surface area contributed by atoms with Gasteiger partial charge in [0.15, 0.2) is 0 Å². The van der Waals surface area contributed by atoms with E-state index in [-0.39, 0.29) is 6.61 Å². The first-order valence-corrected chi connectivity index (χ1v) is 6.32. The predicted octanol–water partition coefficient (Wildman–Crippen LogP) is 2.83. The van der Waals surface area contributed by atoms with Gasteiger partial charge in [0.1, 0.15) is 5.01 Å². The quantitative estimate of drug-likeness (QED) is 0.744. The van der Waals surface area contributed by atoms with E-state index in [1.54, 1.807) is 11.3 Å². The molecule has 2 N–H and O–H groups in total. The van der Waals surface area contributed by atoms with Crippen LogP contribution in [0.5, 0.6) is 0 Å². The van der Waals surface area contributed by atoms with Crippen LogP contribution < -0.4 is 0 Å². The van der Waals surface area contributed by atoms with Gasteiger partial charge in [0.05, 0.1) is 0 Å². The number of benzene rings is 1. The molecule has 0 radical (unpaired) electrons. The van der Waals surface area contributed by atoms with Crippen LogP contribution in [-0.2, 0) is 6.42 Å². The Morgan fingerprint density at radius 1 is 1.29 bits per heavy atom. The molecular weight excluding hydrogens is 232 g/mol. The van der Waals surface area contributed by atoms with Gasteiger partial charge < -0.3 is 10.1 Å². The van der Waals surface area contributed by atoms with Crippen LogP contribution in [0.15, 0.2) is 36.7 Å². The van der Waals surface area contributed by atoms with Gasteiger partial charge in [-0.15, -0.1) is 11.3 Å². The highest BCUT2D eigenvalue weighted by Gasteiger charge is 2.09. The maximum atomic E-state index is 8.90. The monoisotopic (exact) mass is 244 g/mol. The van der Waals surface area contributed by atoms with E-state index in [9.17, 15) is 0 Å². The van der Waals surface area contributed by atoms with Crippen LogP contribution in [0.4, 0.5) is 0 Å². The maximum Gasteiger partial charge on any atom is 0.125 e. The zero-order chi connectivity index (χ0) is 11.7. The topological polar surface area (TPSA) is 48.9 Å². The predicted molar refractivity (Wildman–Crippen MR) is 70.2 cm³/mol. The molecule has 3 nitrogen and oxygen atoms in total. The molecule has 0 unspecified atom stereocenters. The molecule has 0 saturated heterocycles. The average Bonchev–Trinajstić information content (AvgIpc) is 2.95. The fraction of sp³-hybridized carbons (Fsp3) is 0.154. The number of fused-ring (bicyclic) bond motifs is 1. The van der Waals surface area contributed by atoms with Crippen molar-refractivity contribution in [3.8, 4) is 10.6 Å². The summed E-state index contributed by atoms with van der Waals surface area (Å²) in [6.45, 7) is 0.176. The summed E-state index contributed by atoms with van der Waals surface area (Å²) in [4.78, 5) is 8.78. The Bertz CT molecular complexity index is 641. The molecule has 0 fully saturated rings. The van der Waals surface area contributed by atoms with Gasteiger partial charge in [-0.25, -0.2) is 4.98 Å². The van der Waals surface area contributed by atoms with Gasteiger partial charge in [-0.2, -0.15) is 0 Å². The molecule has 4 heteroatoms. The number of rotatable bonds is 3. The van der Waals surface area contributed by atoms with Crippen molar-refractivity contribution in [2.45, 2.75) is 6.42 Å². The molecule has 0 aliphatic heterocycles. The van der Waals surface area contributed by atoms with Gasteiger partial charge in [-0.05, 0) is 6.07 Å². The van der Waals surface area contributed by atoms with Crippen molar-refractivity contribution < 1.29 is 5.11 Å². The van der Waals surface area contributed by atoms with Crippen LogP contribution in [0, 0.1) is 0 Å². The number of H-pyrrole nitrogens is 1. The number of aromatic nitrogens is 2. The molecule has 1 aromatic carbocycles. The van der Waals surface area contributed by atoms with Crippen molar-refractivity contribution in [3.63, 3.8) is 0 Å². The Labute approximate surface area is 103 Å².